The van der Waals surface area contributed by atoms with Crippen LogP contribution in [0.5, 0.6) is 5.75 Å². The predicted octanol–water partition coefficient (Wildman–Crippen LogP) is 2.94. The highest BCUT2D eigenvalue weighted by Crippen LogP contribution is 2.23. The van der Waals surface area contributed by atoms with E-state index in [4.69, 9.17) is 10.5 Å². The van der Waals surface area contributed by atoms with E-state index in [1.165, 1.54) is 12.0 Å². The van der Waals surface area contributed by atoms with Crippen LogP contribution < -0.4 is 10.5 Å². The first-order chi connectivity index (χ1) is 8.71. The van der Waals surface area contributed by atoms with E-state index in [1.807, 2.05) is 19.1 Å². The second-order valence-corrected chi connectivity index (χ2v) is 4.44. The fourth-order valence-electron chi connectivity index (χ4n) is 2.09. The van der Waals surface area contributed by atoms with Gasteiger partial charge in [-0.1, -0.05) is 19.9 Å². The molecule has 0 heterocycles. The number of nitrogens with two attached hydrogens (primary N) is 1. The topological polar surface area (TPSA) is 38.5 Å². The standard InChI is InChI=1S/C15H26N2O/c1-4-17(5-2)11-7-8-13-9-10-15(18-6-3)14(16)12-13/h9-10,12H,4-8,11,16H2,1-3H3. The zero-order valence-corrected chi connectivity index (χ0v) is 11.9. The van der Waals surface area contributed by atoms with Gasteiger partial charge in [-0.2, -0.15) is 0 Å². The van der Waals surface area contributed by atoms with Gasteiger partial charge in [-0.05, 0) is 57.1 Å². The SMILES string of the molecule is CCOc1ccc(CCCN(CC)CC)cc1N. The summed E-state index contributed by atoms with van der Waals surface area (Å²) in [6, 6.07) is 6.13. The fraction of sp³-hybridized carbons (Fsp3) is 0.600. The molecule has 2 N–H and O–H groups in total. The van der Waals surface area contributed by atoms with E-state index in [2.05, 4.69) is 24.8 Å². The molecule has 0 aliphatic carbocycles. The minimum Gasteiger partial charge on any atom is -0.492 e. The quantitative estimate of drug-likeness (QED) is 0.721. The van der Waals surface area contributed by atoms with Crippen molar-refractivity contribution in [1.82, 2.24) is 4.90 Å². The Bertz CT molecular complexity index is 348. The number of hydrogen-bond acceptors (Lipinski definition) is 3. The summed E-state index contributed by atoms with van der Waals surface area (Å²) in [7, 11) is 0. The Morgan fingerprint density at radius 2 is 1.89 bits per heavy atom. The van der Waals surface area contributed by atoms with E-state index in [9.17, 15) is 0 Å². The molecule has 0 atom stereocenters. The second-order valence-electron chi connectivity index (χ2n) is 4.44. The van der Waals surface area contributed by atoms with Crippen LogP contribution in [0, 0.1) is 0 Å². The maximum absolute atomic E-state index is 5.96. The molecule has 0 aromatic heterocycles. The number of hydrogen-bond donors (Lipinski definition) is 1. The maximum Gasteiger partial charge on any atom is 0.142 e. The average Bonchev–Trinajstić information content (AvgIpc) is 2.38. The number of anilines is 1. The van der Waals surface area contributed by atoms with Crippen LogP contribution in [0.2, 0.25) is 0 Å². The van der Waals surface area contributed by atoms with Gasteiger partial charge in [0, 0.05) is 0 Å². The highest BCUT2D eigenvalue weighted by molar-refractivity contribution is 5.54. The van der Waals surface area contributed by atoms with Gasteiger partial charge in [-0.25, -0.2) is 0 Å². The summed E-state index contributed by atoms with van der Waals surface area (Å²) in [6.07, 6.45) is 2.25. The smallest absolute Gasteiger partial charge is 0.142 e. The van der Waals surface area contributed by atoms with Crippen molar-refractivity contribution in [3.05, 3.63) is 23.8 Å². The Balaban J connectivity index is 2.45. The van der Waals surface area contributed by atoms with Crippen LogP contribution in [-0.2, 0) is 6.42 Å². The van der Waals surface area contributed by atoms with E-state index in [0.717, 1.165) is 37.5 Å². The van der Waals surface area contributed by atoms with Crippen LogP contribution in [0.3, 0.4) is 0 Å². The van der Waals surface area contributed by atoms with Crippen molar-refractivity contribution in [2.24, 2.45) is 0 Å². The van der Waals surface area contributed by atoms with Gasteiger partial charge in [0.05, 0.1) is 12.3 Å². The highest BCUT2D eigenvalue weighted by atomic mass is 16.5. The molecule has 18 heavy (non-hydrogen) atoms. The molecule has 0 spiro atoms. The molecule has 0 radical (unpaired) electrons. The van der Waals surface area contributed by atoms with Gasteiger partial charge >= 0.3 is 0 Å². The summed E-state index contributed by atoms with van der Waals surface area (Å²) in [6.45, 7) is 10.4. The van der Waals surface area contributed by atoms with Gasteiger partial charge < -0.3 is 15.4 Å². The number of rotatable bonds is 8. The number of aryl methyl sites for hydroxylation is 1. The number of ether oxygens (including phenoxy) is 1. The zero-order valence-electron chi connectivity index (χ0n) is 11.9. The summed E-state index contributed by atoms with van der Waals surface area (Å²) in [4.78, 5) is 2.44. The number of benzene rings is 1. The van der Waals surface area contributed by atoms with Crippen LogP contribution in [0.15, 0.2) is 18.2 Å². The van der Waals surface area contributed by atoms with Crippen molar-refractivity contribution in [2.75, 3.05) is 32.0 Å². The first kappa shape index (κ1) is 14.8. The lowest BCUT2D eigenvalue weighted by Gasteiger charge is -2.17. The largest absolute Gasteiger partial charge is 0.492 e. The van der Waals surface area contributed by atoms with Crippen LogP contribution in [0.25, 0.3) is 0 Å². The third kappa shape index (κ3) is 4.57. The summed E-state index contributed by atoms with van der Waals surface area (Å²) in [5, 5.41) is 0. The molecule has 0 aliphatic heterocycles. The van der Waals surface area contributed by atoms with Gasteiger partial charge in [0.25, 0.3) is 0 Å². The van der Waals surface area contributed by atoms with Crippen molar-refractivity contribution in [1.29, 1.82) is 0 Å². The third-order valence-corrected chi connectivity index (χ3v) is 3.21. The maximum atomic E-state index is 5.96. The molecule has 0 bridgehead atoms. The molecule has 102 valence electrons. The molecule has 0 amide bonds. The van der Waals surface area contributed by atoms with Crippen LogP contribution in [-0.4, -0.2) is 31.1 Å². The normalized spacial score (nSPS) is 10.9. The molecular formula is C15H26N2O. The highest BCUT2D eigenvalue weighted by Gasteiger charge is 2.03. The molecule has 0 saturated carbocycles. The van der Waals surface area contributed by atoms with Gasteiger partial charge in [0.2, 0.25) is 0 Å². The number of nitrogen functional groups attached to an aromatic ring is 1. The Kier molecular flexibility index (Phi) is 6.58. The molecular weight excluding hydrogens is 224 g/mol. The lowest BCUT2D eigenvalue weighted by Crippen LogP contribution is -2.24. The summed E-state index contributed by atoms with van der Waals surface area (Å²) in [5.74, 6) is 0.796. The molecule has 3 heteroatoms. The number of nitrogens with zero attached hydrogens (tertiary/aromatic N) is 1. The van der Waals surface area contributed by atoms with E-state index in [0.29, 0.717) is 6.61 Å². The molecule has 0 saturated heterocycles. The minimum atomic E-state index is 0.658. The monoisotopic (exact) mass is 250 g/mol. The molecule has 0 fully saturated rings. The second kappa shape index (κ2) is 7.98. The van der Waals surface area contributed by atoms with E-state index >= 15 is 0 Å². The lowest BCUT2D eigenvalue weighted by atomic mass is 10.1. The summed E-state index contributed by atoms with van der Waals surface area (Å²) >= 11 is 0. The van der Waals surface area contributed by atoms with E-state index in [-0.39, 0.29) is 0 Å². The molecule has 3 nitrogen and oxygen atoms in total. The Hall–Kier alpha value is -1.22. The molecule has 1 aromatic carbocycles. The minimum absolute atomic E-state index is 0.658. The molecule has 0 unspecified atom stereocenters. The summed E-state index contributed by atoms with van der Waals surface area (Å²) < 4.78 is 5.44. The van der Waals surface area contributed by atoms with Crippen molar-refractivity contribution in [2.45, 2.75) is 33.6 Å². The van der Waals surface area contributed by atoms with Crippen LogP contribution in [0.1, 0.15) is 32.8 Å². The van der Waals surface area contributed by atoms with E-state index in [1.54, 1.807) is 0 Å². The van der Waals surface area contributed by atoms with E-state index < -0.39 is 0 Å². The summed E-state index contributed by atoms with van der Waals surface area (Å²) in [5.41, 5.74) is 8.00. The van der Waals surface area contributed by atoms with Crippen molar-refractivity contribution >= 4 is 5.69 Å². The lowest BCUT2D eigenvalue weighted by molar-refractivity contribution is 0.300. The van der Waals surface area contributed by atoms with Crippen molar-refractivity contribution < 1.29 is 4.74 Å². The van der Waals surface area contributed by atoms with Crippen molar-refractivity contribution in [3.8, 4) is 5.75 Å². The fourth-order valence-corrected chi connectivity index (χ4v) is 2.09. The van der Waals surface area contributed by atoms with Gasteiger partial charge in [0.15, 0.2) is 0 Å². The Morgan fingerprint density at radius 1 is 1.17 bits per heavy atom. The first-order valence-corrected chi connectivity index (χ1v) is 6.94. The van der Waals surface area contributed by atoms with Gasteiger partial charge in [-0.3, -0.25) is 0 Å². The van der Waals surface area contributed by atoms with Gasteiger partial charge in [-0.15, -0.1) is 0 Å². The van der Waals surface area contributed by atoms with Crippen LogP contribution in [0.4, 0.5) is 5.69 Å². The molecule has 0 aliphatic rings. The van der Waals surface area contributed by atoms with Crippen molar-refractivity contribution in [3.63, 3.8) is 0 Å². The van der Waals surface area contributed by atoms with Gasteiger partial charge in [0.1, 0.15) is 5.75 Å². The first-order valence-electron chi connectivity index (χ1n) is 6.94. The average molecular weight is 250 g/mol. The zero-order chi connectivity index (χ0) is 13.4. The Labute approximate surface area is 111 Å². The molecule has 1 aromatic rings. The molecule has 1 rings (SSSR count). The Morgan fingerprint density at radius 3 is 2.44 bits per heavy atom. The predicted molar refractivity (Wildman–Crippen MR) is 78.1 cm³/mol. The third-order valence-electron chi connectivity index (χ3n) is 3.21. The van der Waals surface area contributed by atoms with Crippen LogP contribution >= 0.6 is 0 Å².